The van der Waals surface area contributed by atoms with Crippen LogP contribution in [0.4, 0.5) is 4.79 Å². The largest absolute Gasteiger partial charge is 0.444 e. The van der Waals surface area contributed by atoms with E-state index in [9.17, 15) is 4.79 Å². The lowest BCUT2D eigenvalue weighted by Gasteiger charge is -2.27. The van der Waals surface area contributed by atoms with Gasteiger partial charge in [-0.25, -0.2) is 4.79 Å². The SMILES string of the molecule is CC(C)C(C)C(C)OCCOCCN(CCOCCO)C(=O)OC(C)(C)C. The van der Waals surface area contributed by atoms with Crippen molar-refractivity contribution in [2.24, 2.45) is 11.8 Å². The van der Waals surface area contributed by atoms with Gasteiger partial charge in [0.15, 0.2) is 0 Å². The highest BCUT2D eigenvalue weighted by Gasteiger charge is 2.22. The third-order valence-corrected chi connectivity index (χ3v) is 4.30. The van der Waals surface area contributed by atoms with Crippen molar-refractivity contribution in [3.8, 4) is 0 Å². The van der Waals surface area contributed by atoms with Gasteiger partial charge >= 0.3 is 6.09 Å². The van der Waals surface area contributed by atoms with Crippen molar-refractivity contribution in [1.82, 2.24) is 4.90 Å². The number of carbonyl (C=O) groups excluding carboxylic acids is 1. The highest BCUT2D eigenvalue weighted by Crippen LogP contribution is 2.16. The molecule has 0 aliphatic heterocycles. The maximum Gasteiger partial charge on any atom is 0.410 e. The average Bonchev–Trinajstić information content (AvgIpc) is 2.56. The molecule has 0 saturated carbocycles. The number of nitrogens with zero attached hydrogens (tertiary/aromatic N) is 1. The Bertz CT molecular complexity index is 383. The highest BCUT2D eigenvalue weighted by molar-refractivity contribution is 5.68. The zero-order chi connectivity index (χ0) is 20.9. The molecule has 1 N–H and O–H groups in total. The van der Waals surface area contributed by atoms with Gasteiger partial charge in [0.05, 0.1) is 45.7 Å². The van der Waals surface area contributed by atoms with E-state index < -0.39 is 11.7 Å². The second kappa shape index (κ2) is 14.2. The summed E-state index contributed by atoms with van der Waals surface area (Å²) < 4.78 is 22.1. The van der Waals surface area contributed by atoms with Crippen LogP contribution in [0.3, 0.4) is 0 Å². The second-order valence-corrected chi connectivity index (χ2v) is 8.09. The molecular formula is C20H41NO6. The molecule has 0 spiro atoms. The van der Waals surface area contributed by atoms with E-state index in [2.05, 4.69) is 27.7 Å². The quantitative estimate of drug-likeness (QED) is 0.459. The third-order valence-electron chi connectivity index (χ3n) is 4.30. The Morgan fingerprint density at radius 3 is 1.96 bits per heavy atom. The number of rotatable bonds is 14. The zero-order valence-corrected chi connectivity index (χ0v) is 18.3. The van der Waals surface area contributed by atoms with Crippen LogP contribution in [0.25, 0.3) is 0 Å². The number of aliphatic hydroxyl groups excluding tert-OH is 1. The van der Waals surface area contributed by atoms with Gasteiger partial charge in [0, 0.05) is 13.1 Å². The Morgan fingerprint density at radius 1 is 0.926 bits per heavy atom. The molecule has 0 aliphatic rings. The van der Waals surface area contributed by atoms with E-state index in [0.29, 0.717) is 51.4 Å². The van der Waals surface area contributed by atoms with Crippen molar-refractivity contribution in [3.05, 3.63) is 0 Å². The van der Waals surface area contributed by atoms with Crippen LogP contribution in [0.15, 0.2) is 0 Å². The van der Waals surface area contributed by atoms with Gasteiger partial charge in [-0.2, -0.15) is 0 Å². The molecule has 0 aromatic rings. The summed E-state index contributed by atoms with van der Waals surface area (Å²) in [5, 5.41) is 8.76. The minimum atomic E-state index is -0.556. The summed E-state index contributed by atoms with van der Waals surface area (Å²) >= 11 is 0. The van der Waals surface area contributed by atoms with E-state index in [1.54, 1.807) is 4.90 Å². The van der Waals surface area contributed by atoms with Crippen LogP contribution >= 0.6 is 0 Å². The smallest absolute Gasteiger partial charge is 0.410 e. The number of carbonyl (C=O) groups is 1. The number of hydrogen-bond acceptors (Lipinski definition) is 6. The van der Waals surface area contributed by atoms with E-state index in [0.717, 1.165) is 0 Å². The first-order valence-electron chi connectivity index (χ1n) is 9.94. The van der Waals surface area contributed by atoms with Crippen LogP contribution in [-0.2, 0) is 18.9 Å². The molecule has 2 unspecified atom stereocenters. The molecule has 0 aromatic carbocycles. The van der Waals surface area contributed by atoms with E-state index >= 15 is 0 Å². The van der Waals surface area contributed by atoms with E-state index in [1.807, 2.05) is 20.8 Å². The standard InChI is InChI=1S/C20H41NO6/c1-16(2)17(3)18(4)26-15-14-25-12-9-21(8-11-24-13-10-22)19(23)27-20(5,6)7/h16-18,22H,8-15H2,1-7H3. The minimum absolute atomic E-state index is 0.0383. The van der Waals surface area contributed by atoms with Crippen LogP contribution in [0.5, 0.6) is 0 Å². The first kappa shape index (κ1) is 26.1. The molecule has 1 amide bonds. The fraction of sp³-hybridized carbons (Fsp3) is 0.950. The van der Waals surface area contributed by atoms with Gasteiger partial charge in [-0.3, -0.25) is 0 Å². The topological polar surface area (TPSA) is 77.5 Å². The number of hydrogen-bond donors (Lipinski definition) is 1. The Morgan fingerprint density at radius 2 is 1.48 bits per heavy atom. The van der Waals surface area contributed by atoms with Gasteiger partial charge in [-0.1, -0.05) is 20.8 Å². The van der Waals surface area contributed by atoms with Gasteiger partial charge in [0.2, 0.25) is 0 Å². The summed E-state index contributed by atoms with van der Waals surface area (Å²) in [5.41, 5.74) is -0.556. The molecule has 0 bridgehead atoms. The van der Waals surface area contributed by atoms with Crippen molar-refractivity contribution >= 4 is 6.09 Å². The normalized spacial score (nSPS) is 14.3. The molecule has 0 rings (SSSR count). The molecule has 2 atom stereocenters. The van der Waals surface area contributed by atoms with Crippen molar-refractivity contribution in [3.63, 3.8) is 0 Å². The highest BCUT2D eigenvalue weighted by atomic mass is 16.6. The summed E-state index contributed by atoms with van der Waals surface area (Å²) in [6, 6.07) is 0. The molecule has 162 valence electrons. The minimum Gasteiger partial charge on any atom is -0.444 e. The van der Waals surface area contributed by atoms with Crippen LogP contribution in [0.2, 0.25) is 0 Å². The van der Waals surface area contributed by atoms with Gasteiger partial charge in [-0.15, -0.1) is 0 Å². The third kappa shape index (κ3) is 13.9. The monoisotopic (exact) mass is 391 g/mol. The molecule has 7 nitrogen and oxygen atoms in total. The lowest BCUT2D eigenvalue weighted by Crippen LogP contribution is -2.40. The molecule has 7 heteroatoms. The Kier molecular flexibility index (Phi) is 13.7. The van der Waals surface area contributed by atoms with E-state index in [4.69, 9.17) is 24.1 Å². The van der Waals surface area contributed by atoms with Gasteiger partial charge in [0.25, 0.3) is 0 Å². The maximum absolute atomic E-state index is 12.3. The second-order valence-electron chi connectivity index (χ2n) is 8.09. The van der Waals surface area contributed by atoms with Crippen molar-refractivity contribution in [1.29, 1.82) is 0 Å². The predicted molar refractivity (Wildman–Crippen MR) is 106 cm³/mol. The summed E-state index contributed by atoms with van der Waals surface area (Å²) in [7, 11) is 0. The number of aliphatic hydroxyl groups is 1. The molecule has 0 radical (unpaired) electrons. The van der Waals surface area contributed by atoms with Crippen LogP contribution in [0.1, 0.15) is 48.5 Å². The molecular weight excluding hydrogens is 350 g/mol. The molecule has 0 fully saturated rings. The number of amides is 1. The van der Waals surface area contributed by atoms with Gasteiger partial charge in [0.1, 0.15) is 5.60 Å². The number of ether oxygens (including phenoxy) is 4. The first-order chi connectivity index (χ1) is 12.6. The summed E-state index contributed by atoms with van der Waals surface area (Å²) in [6.07, 6.45) is -0.204. The van der Waals surface area contributed by atoms with Gasteiger partial charge in [-0.05, 0) is 39.5 Å². The molecule has 0 heterocycles. The predicted octanol–water partition coefficient (Wildman–Crippen LogP) is 2.95. The Balaban J connectivity index is 4.18. The van der Waals surface area contributed by atoms with Crippen LogP contribution in [0, 0.1) is 11.8 Å². The summed E-state index contributed by atoms with van der Waals surface area (Å²) in [4.78, 5) is 13.9. The fourth-order valence-electron chi connectivity index (χ4n) is 2.23. The van der Waals surface area contributed by atoms with Crippen molar-refractivity contribution < 1.29 is 28.8 Å². The molecule has 27 heavy (non-hydrogen) atoms. The van der Waals surface area contributed by atoms with E-state index in [1.165, 1.54) is 0 Å². The average molecular weight is 392 g/mol. The Labute approximate surface area is 165 Å². The molecule has 0 saturated heterocycles. The summed E-state index contributed by atoms with van der Waals surface area (Å²) in [5.74, 6) is 1.07. The lowest BCUT2D eigenvalue weighted by molar-refractivity contribution is -0.0241. The lowest BCUT2D eigenvalue weighted by atomic mass is 9.93. The van der Waals surface area contributed by atoms with Gasteiger partial charge < -0.3 is 29.0 Å². The molecule has 0 aliphatic carbocycles. The zero-order valence-electron chi connectivity index (χ0n) is 18.3. The maximum atomic E-state index is 12.3. The van der Waals surface area contributed by atoms with Crippen LogP contribution < -0.4 is 0 Å². The summed E-state index contributed by atoms with van der Waals surface area (Å²) in [6.45, 7) is 16.9. The fourth-order valence-corrected chi connectivity index (χ4v) is 2.23. The van der Waals surface area contributed by atoms with E-state index in [-0.39, 0.29) is 19.3 Å². The van der Waals surface area contributed by atoms with Crippen LogP contribution in [-0.4, -0.2) is 80.5 Å². The Hall–Kier alpha value is -0.890. The van der Waals surface area contributed by atoms with Crippen molar-refractivity contribution in [2.75, 3.05) is 52.7 Å². The first-order valence-corrected chi connectivity index (χ1v) is 9.94. The molecule has 0 aromatic heterocycles. The van der Waals surface area contributed by atoms with Crippen molar-refractivity contribution in [2.45, 2.75) is 60.2 Å².